The molecule has 0 aromatic carbocycles. The van der Waals surface area contributed by atoms with Gasteiger partial charge in [0.25, 0.3) is 0 Å². The Morgan fingerprint density at radius 1 is 1.13 bits per heavy atom. The highest BCUT2D eigenvalue weighted by molar-refractivity contribution is 7.22. The summed E-state index contributed by atoms with van der Waals surface area (Å²) in [6.45, 7) is 11.3. The van der Waals surface area contributed by atoms with E-state index in [1.807, 2.05) is 6.20 Å². The van der Waals surface area contributed by atoms with Crippen molar-refractivity contribution in [2.45, 2.75) is 64.6 Å². The van der Waals surface area contributed by atoms with E-state index in [1.54, 1.807) is 22.7 Å². The van der Waals surface area contributed by atoms with Crippen LogP contribution in [0.3, 0.4) is 0 Å². The number of anilines is 1. The smallest absolute Gasteiger partial charge is 0.194 e. The Morgan fingerprint density at radius 3 is 2.57 bits per heavy atom. The van der Waals surface area contributed by atoms with Crippen LogP contribution in [0.25, 0.3) is 26.6 Å². The van der Waals surface area contributed by atoms with Crippen LogP contribution in [-0.4, -0.2) is 43.5 Å². The maximum absolute atomic E-state index is 4.90. The summed E-state index contributed by atoms with van der Waals surface area (Å²) in [4.78, 5) is 17.7. The minimum absolute atomic E-state index is 0.109. The van der Waals surface area contributed by atoms with Crippen LogP contribution in [0, 0.1) is 6.92 Å². The zero-order chi connectivity index (χ0) is 21.3. The van der Waals surface area contributed by atoms with Gasteiger partial charge in [-0.25, -0.2) is 9.97 Å². The zero-order valence-corrected chi connectivity index (χ0v) is 20.0. The zero-order valence-electron chi connectivity index (χ0n) is 18.4. The normalized spacial score (nSPS) is 19.0. The molecule has 0 amide bonds. The lowest BCUT2D eigenvalue weighted by Gasteiger charge is -2.48. The first-order valence-electron chi connectivity index (χ1n) is 10.3. The van der Waals surface area contributed by atoms with Gasteiger partial charge in [0, 0.05) is 41.4 Å². The van der Waals surface area contributed by atoms with Gasteiger partial charge in [-0.05, 0) is 53.5 Å². The number of imidazole rings is 1. The van der Waals surface area contributed by atoms with Gasteiger partial charge in [0.05, 0.1) is 16.6 Å². The molecule has 0 saturated carbocycles. The van der Waals surface area contributed by atoms with Gasteiger partial charge in [0.2, 0.25) is 0 Å². The van der Waals surface area contributed by atoms with Crippen LogP contribution < -0.4 is 10.2 Å². The third-order valence-electron chi connectivity index (χ3n) is 5.93. The van der Waals surface area contributed by atoms with Gasteiger partial charge in [-0.2, -0.15) is 0 Å². The van der Waals surface area contributed by atoms with Crippen LogP contribution in [0.1, 0.15) is 46.2 Å². The molecule has 5 heterocycles. The van der Waals surface area contributed by atoms with Crippen molar-refractivity contribution in [1.82, 2.24) is 24.7 Å². The molecule has 6 nitrogen and oxygen atoms in total. The van der Waals surface area contributed by atoms with Crippen LogP contribution >= 0.6 is 22.7 Å². The minimum Gasteiger partial charge on any atom is -0.348 e. The molecule has 0 atom stereocenters. The summed E-state index contributed by atoms with van der Waals surface area (Å²) < 4.78 is 3.28. The third-order valence-corrected chi connectivity index (χ3v) is 8.00. The van der Waals surface area contributed by atoms with Gasteiger partial charge in [-0.1, -0.05) is 11.3 Å². The van der Waals surface area contributed by atoms with Crippen molar-refractivity contribution >= 4 is 43.0 Å². The number of hydrogen-bond donors (Lipinski definition) is 1. The second-order valence-electron chi connectivity index (χ2n) is 9.76. The van der Waals surface area contributed by atoms with Gasteiger partial charge >= 0.3 is 0 Å². The van der Waals surface area contributed by atoms with Crippen molar-refractivity contribution in [2.24, 2.45) is 0 Å². The summed E-state index contributed by atoms with van der Waals surface area (Å²) in [5.41, 5.74) is 4.19. The molecule has 158 valence electrons. The molecule has 0 aliphatic carbocycles. The summed E-state index contributed by atoms with van der Waals surface area (Å²) in [6, 6.07) is 2.58. The van der Waals surface area contributed by atoms with Gasteiger partial charge in [0.15, 0.2) is 10.1 Å². The minimum atomic E-state index is 0.109. The fraction of sp³-hybridized carbons (Fsp3) is 0.500. The Morgan fingerprint density at radius 2 is 1.87 bits per heavy atom. The van der Waals surface area contributed by atoms with Crippen LogP contribution in [0.5, 0.6) is 0 Å². The van der Waals surface area contributed by atoms with E-state index in [-0.39, 0.29) is 11.1 Å². The topological polar surface area (TPSA) is 58.4 Å². The Bertz CT molecular complexity index is 1220. The SMILES string of the molecule is Cc1csc2nc(-c3cc4sc(N(C)C5CC(C)(C)NC(C)(C)C5)nc4cn3)cn12. The Labute approximate surface area is 185 Å². The van der Waals surface area contributed by atoms with E-state index in [0.29, 0.717) is 6.04 Å². The molecule has 1 aliphatic heterocycles. The van der Waals surface area contributed by atoms with Gasteiger partial charge < -0.3 is 10.2 Å². The molecule has 30 heavy (non-hydrogen) atoms. The summed E-state index contributed by atoms with van der Waals surface area (Å²) in [5, 5.41) is 6.95. The summed E-state index contributed by atoms with van der Waals surface area (Å²) >= 11 is 3.40. The fourth-order valence-electron chi connectivity index (χ4n) is 4.83. The molecular weight excluding hydrogens is 412 g/mol. The van der Waals surface area contributed by atoms with Gasteiger partial charge in [-0.15, -0.1) is 11.3 Å². The van der Waals surface area contributed by atoms with E-state index in [9.17, 15) is 0 Å². The molecule has 8 heteroatoms. The van der Waals surface area contributed by atoms with Gasteiger partial charge in [0.1, 0.15) is 11.2 Å². The standard InChI is InChI=1S/C22H28N6S2/c1-13-12-29-20-25-17(11-28(13)20)15-7-18-16(10-23-15)24-19(30-18)27(6)14-8-21(2,3)26-22(4,5)9-14/h7,10-12,14,26H,8-9H2,1-6H3. The predicted molar refractivity (Wildman–Crippen MR) is 127 cm³/mol. The van der Waals surface area contributed by atoms with Crippen molar-refractivity contribution in [2.75, 3.05) is 11.9 Å². The number of nitrogens with zero attached hydrogens (tertiary/aromatic N) is 5. The monoisotopic (exact) mass is 440 g/mol. The number of aryl methyl sites for hydroxylation is 1. The maximum Gasteiger partial charge on any atom is 0.194 e. The summed E-state index contributed by atoms with van der Waals surface area (Å²) in [7, 11) is 2.18. The van der Waals surface area contributed by atoms with Crippen LogP contribution in [0.2, 0.25) is 0 Å². The number of pyridine rings is 1. The molecule has 1 saturated heterocycles. The molecule has 4 aromatic rings. The molecule has 5 rings (SSSR count). The number of piperidine rings is 1. The van der Waals surface area contributed by atoms with E-state index >= 15 is 0 Å². The lowest BCUT2D eigenvalue weighted by atomic mass is 9.79. The Kier molecular flexibility index (Phi) is 4.47. The second-order valence-corrected chi connectivity index (χ2v) is 11.6. The van der Waals surface area contributed by atoms with Crippen molar-refractivity contribution < 1.29 is 0 Å². The Hall–Kier alpha value is -2.03. The first-order valence-corrected chi connectivity index (χ1v) is 12.0. The van der Waals surface area contributed by atoms with E-state index in [1.165, 1.54) is 5.69 Å². The van der Waals surface area contributed by atoms with E-state index in [2.05, 4.69) is 78.9 Å². The lowest BCUT2D eigenvalue weighted by Crippen LogP contribution is -2.61. The number of fused-ring (bicyclic) bond motifs is 2. The molecule has 0 unspecified atom stereocenters. The van der Waals surface area contributed by atoms with E-state index in [4.69, 9.17) is 9.97 Å². The first kappa shape index (κ1) is 19.9. The predicted octanol–water partition coefficient (Wildman–Crippen LogP) is 5.12. The second kappa shape index (κ2) is 6.73. The average molecular weight is 441 g/mol. The number of aromatic nitrogens is 4. The number of thiazole rings is 2. The molecule has 0 spiro atoms. The molecule has 0 radical (unpaired) electrons. The largest absolute Gasteiger partial charge is 0.348 e. The fourth-order valence-corrected chi connectivity index (χ4v) is 6.68. The molecule has 1 aliphatic rings. The highest BCUT2D eigenvalue weighted by Crippen LogP contribution is 2.36. The highest BCUT2D eigenvalue weighted by atomic mass is 32.1. The van der Waals surface area contributed by atoms with Crippen LogP contribution in [0.15, 0.2) is 23.8 Å². The summed E-state index contributed by atoms with van der Waals surface area (Å²) in [6.07, 6.45) is 6.14. The Balaban J connectivity index is 1.46. The molecule has 4 aromatic heterocycles. The third kappa shape index (κ3) is 3.50. The highest BCUT2D eigenvalue weighted by Gasteiger charge is 2.39. The molecule has 1 fully saturated rings. The average Bonchev–Trinajstić information content (AvgIpc) is 3.33. The van der Waals surface area contributed by atoms with E-state index < -0.39 is 0 Å². The number of nitrogens with one attached hydrogen (secondary N) is 1. The van der Waals surface area contributed by atoms with E-state index in [0.717, 1.165) is 44.5 Å². The van der Waals surface area contributed by atoms with Crippen molar-refractivity contribution in [1.29, 1.82) is 0 Å². The van der Waals surface area contributed by atoms with Crippen LogP contribution in [0.4, 0.5) is 5.13 Å². The van der Waals surface area contributed by atoms with Crippen LogP contribution in [-0.2, 0) is 0 Å². The summed E-state index contributed by atoms with van der Waals surface area (Å²) in [5.74, 6) is 0. The van der Waals surface area contributed by atoms with Crippen molar-refractivity contribution in [3.63, 3.8) is 0 Å². The van der Waals surface area contributed by atoms with Crippen molar-refractivity contribution in [3.8, 4) is 11.4 Å². The first-order chi connectivity index (χ1) is 14.1. The number of rotatable bonds is 3. The molecule has 0 bridgehead atoms. The molecule has 1 N–H and O–H groups in total. The molecular formula is C22H28N6S2. The van der Waals surface area contributed by atoms with Crippen molar-refractivity contribution in [3.05, 3.63) is 29.5 Å². The lowest BCUT2D eigenvalue weighted by molar-refractivity contribution is 0.161. The van der Waals surface area contributed by atoms with Gasteiger partial charge in [-0.3, -0.25) is 9.38 Å². The quantitative estimate of drug-likeness (QED) is 0.479. The number of hydrogen-bond acceptors (Lipinski definition) is 7. The maximum atomic E-state index is 4.90.